The minimum atomic E-state index is -3.90. The Morgan fingerprint density at radius 3 is 2.46 bits per heavy atom. The molecule has 2 aromatic rings. The zero-order chi connectivity index (χ0) is 19.3. The lowest BCUT2D eigenvalue weighted by Gasteiger charge is -2.04. The third-order valence-electron chi connectivity index (χ3n) is 3.36. The molecule has 136 valence electrons. The molecule has 9 nitrogen and oxygen atoms in total. The Hall–Kier alpha value is -3.27. The molecule has 0 amide bonds. The fourth-order valence-corrected chi connectivity index (χ4v) is 2.78. The zero-order valence-corrected chi connectivity index (χ0v) is 14.7. The molecule has 26 heavy (non-hydrogen) atoms. The summed E-state index contributed by atoms with van der Waals surface area (Å²) in [5.74, 6) is -0.725. The Kier molecular flexibility index (Phi) is 5.68. The normalized spacial score (nSPS) is 11.3. The summed E-state index contributed by atoms with van der Waals surface area (Å²) in [6, 6.07) is 9.72. The van der Waals surface area contributed by atoms with E-state index in [0.717, 1.165) is 25.0 Å². The SMILES string of the molecule is COC(=O)c1ccc(C=NNS(=O)(=O)c2ccc(C)cc2)c([N+](=O)[O-])c1. The van der Waals surface area contributed by atoms with E-state index in [9.17, 15) is 23.3 Å². The predicted molar refractivity (Wildman–Crippen MR) is 93.5 cm³/mol. The van der Waals surface area contributed by atoms with Gasteiger partial charge in [0.1, 0.15) is 0 Å². The monoisotopic (exact) mass is 377 g/mol. The van der Waals surface area contributed by atoms with Gasteiger partial charge in [0.15, 0.2) is 0 Å². The highest BCUT2D eigenvalue weighted by Crippen LogP contribution is 2.19. The van der Waals surface area contributed by atoms with Crippen LogP contribution in [0.15, 0.2) is 52.5 Å². The van der Waals surface area contributed by atoms with Gasteiger partial charge < -0.3 is 4.74 Å². The number of hydrazone groups is 1. The van der Waals surface area contributed by atoms with Gasteiger partial charge in [-0.25, -0.2) is 9.63 Å². The number of benzene rings is 2. The van der Waals surface area contributed by atoms with Crippen LogP contribution in [0, 0.1) is 17.0 Å². The van der Waals surface area contributed by atoms with Crippen LogP contribution in [0.2, 0.25) is 0 Å². The molecule has 0 spiro atoms. The van der Waals surface area contributed by atoms with Gasteiger partial charge in [0, 0.05) is 6.07 Å². The second-order valence-electron chi connectivity index (χ2n) is 5.19. The number of carbonyl (C=O) groups is 1. The van der Waals surface area contributed by atoms with Crippen LogP contribution >= 0.6 is 0 Å². The number of carbonyl (C=O) groups excluding carboxylic acids is 1. The number of esters is 1. The molecule has 0 heterocycles. The van der Waals surface area contributed by atoms with Gasteiger partial charge in [0.25, 0.3) is 15.7 Å². The summed E-state index contributed by atoms with van der Waals surface area (Å²) in [4.78, 5) is 23.9. The summed E-state index contributed by atoms with van der Waals surface area (Å²) in [5.41, 5.74) is 0.505. The van der Waals surface area contributed by atoms with Gasteiger partial charge in [-0.15, -0.1) is 0 Å². The van der Waals surface area contributed by atoms with E-state index in [1.165, 1.54) is 24.3 Å². The largest absolute Gasteiger partial charge is 0.465 e. The molecule has 0 unspecified atom stereocenters. The molecule has 0 radical (unpaired) electrons. The fraction of sp³-hybridized carbons (Fsp3) is 0.125. The van der Waals surface area contributed by atoms with Crippen LogP contribution in [0.4, 0.5) is 5.69 Å². The van der Waals surface area contributed by atoms with E-state index in [1.54, 1.807) is 12.1 Å². The number of hydrogen-bond donors (Lipinski definition) is 1. The summed E-state index contributed by atoms with van der Waals surface area (Å²) < 4.78 is 28.7. The number of hydrogen-bond acceptors (Lipinski definition) is 7. The fourth-order valence-electron chi connectivity index (χ4n) is 1.99. The van der Waals surface area contributed by atoms with Gasteiger partial charge in [0.2, 0.25) is 0 Å². The minimum absolute atomic E-state index is 0.00316. The van der Waals surface area contributed by atoms with Crippen LogP contribution in [0.25, 0.3) is 0 Å². The van der Waals surface area contributed by atoms with Gasteiger partial charge in [-0.05, 0) is 31.2 Å². The third-order valence-corrected chi connectivity index (χ3v) is 4.59. The van der Waals surface area contributed by atoms with Gasteiger partial charge in [-0.2, -0.15) is 13.5 Å². The first kappa shape index (κ1) is 19.1. The van der Waals surface area contributed by atoms with E-state index in [1.807, 2.05) is 11.8 Å². The Labute approximate surface area is 149 Å². The summed E-state index contributed by atoms with van der Waals surface area (Å²) in [6.45, 7) is 1.82. The Bertz CT molecular complexity index is 968. The van der Waals surface area contributed by atoms with E-state index < -0.39 is 26.6 Å². The number of methoxy groups -OCH3 is 1. The van der Waals surface area contributed by atoms with Gasteiger partial charge in [0.05, 0.1) is 34.3 Å². The standard InChI is InChI=1S/C16H15N3O6S/c1-11-3-7-14(8-4-11)26(23,24)18-17-10-13-6-5-12(16(20)25-2)9-15(13)19(21)22/h3-10,18H,1-2H3. The molecule has 10 heteroatoms. The zero-order valence-electron chi connectivity index (χ0n) is 13.9. The number of nitro benzene ring substituents is 1. The molecule has 1 N–H and O–H groups in total. The van der Waals surface area contributed by atoms with Crippen LogP contribution in [0.5, 0.6) is 0 Å². The first-order valence-corrected chi connectivity index (χ1v) is 8.71. The average molecular weight is 377 g/mol. The Morgan fingerprint density at radius 1 is 1.23 bits per heavy atom. The summed E-state index contributed by atoms with van der Waals surface area (Å²) >= 11 is 0. The number of ether oxygens (including phenoxy) is 1. The van der Waals surface area contributed by atoms with E-state index >= 15 is 0 Å². The average Bonchev–Trinajstić information content (AvgIpc) is 2.61. The molecule has 0 aliphatic heterocycles. The van der Waals surface area contributed by atoms with Crippen LogP contribution in [0.1, 0.15) is 21.5 Å². The molecule has 0 fully saturated rings. The molecule has 0 saturated carbocycles. The van der Waals surface area contributed by atoms with Crippen molar-refractivity contribution in [3.05, 3.63) is 69.3 Å². The molecule has 0 bridgehead atoms. The molecule has 2 rings (SSSR count). The van der Waals surface area contributed by atoms with Crippen LogP contribution < -0.4 is 4.83 Å². The van der Waals surface area contributed by atoms with Gasteiger partial charge >= 0.3 is 5.97 Å². The smallest absolute Gasteiger partial charge is 0.338 e. The summed E-state index contributed by atoms with van der Waals surface area (Å²) in [7, 11) is -2.74. The lowest BCUT2D eigenvalue weighted by molar-refractivity contribution is -0.385. The van der Waals surface area contributed by atoms with Gasteiger partial charge in [-0.3, -0.25) is 10.1 Å². The van der Waals surface area contributed by atoms with Crippen molar-refractivity contribution in [3.8, 4) is 0 Å². The van der Waals surface area contributed by atoms with Crippen molar-refractivity contribution in [1.82, 2.24) is 4.83 Å². The molecule has 0 aromatic heterocycles. The van der Waals surface area contributed by atoms with Gasteiger partial charge in [-0.1, -0.05) is 17.7 Å². The quantitative estimate of drug-likeness (QED) is 0.355. The third kappa shape index (κ3) is 4.42. The van der Waals surface area contributed by atoms with Crippen molar-refractivity contribution in [3.63, 3.8) is 0 Å². The topological polar surface area (TPSA) is 128 Å². The Balaban J connectivity index is 2.25. The molecule has 0 atom stereocenters. The maximum Gasteiger partial charge on any atom is 0.338 e. The highest BCUT2D eigenvalue weighted by atomic mass is 32.2. The number of nitro groups is 1. The summed E-state index contributed by atoms with van der Waals surface area (Å²) in [5, 5.41) is 14.7. The lowest BCUT2D eigenvalue weighted by Crippen LogP contribution is -2.18. The molecular weight excluding hydrogens is 362 g/mol. The second kappa shape index (κ2) is 7.74. The molecule has 0 aliphatic rings. The van der Waals surface area contributed by atoms with Crippen LogP contribution in [0.3, 0.4) is 0 Å². The van der Waals surface area contributed by atoms with E-state index in [4.69, 9.17) is 0 Å². The van der Waals surface area contributed by atoms with Crippen LogP contribution in [-0.2, 0) is 14.8 Å². The maximum atomic E-state index is 12.1. The number of aryl methyl sites for hydroxylation is 1. The van der Waals surface area contributed by atoms with Crippen molar-refractivity contribution in [2.75, 3.05) is 7.11 Å². The van der Waals surface area contributed by atoms with Crippen molar-refractivity contribution in [2.45, 2.75) is 11.8 Å². The lowest BCUT2D eigenvalue weighted by atomic mass is 10.1. The first-order chi connectivity index (χ1) is 12.2. The first-order valence-electron chi connectivity index (χ1n) is 7.23. The molecule has 0 saturated heterocycles. The van der Waals surface area contributed by atoms with Crippen molar-refractivity contribution < 1.29 is 22.9 Å². The summed E-state index contributed by atoms with van der Waals surface area (Å²) in [6.07, 6.45) is 0.991. The van der Waals surface area contributed by atoms with E-state index in [-0.39, 0.29) is 16.0 Å². The molecule has 0 aliphatic carbocycles. The molecular formula is C16H15N3O6S. The minimum Gasteiger partial charge on any atom is -0.465 e. The van der Waals surface area contributed by atoms with E-state index in [0.29, 0.717) is 0 Å². The molecule has 2 aromatic carbocycles. The number of nitrogens with one attached hydrogen (secondary N) is 1. The number of rotatable bonds is 6. The van der Waals surface area contributed by atoms with Crippen molar-refractivity contribution in [2.24, 2.45) is 5.10 Å². The number of sulfonamides is 1. The van der Waals surface area contributed by atoms with Crippen molar-refractivity contribution >= 4 is 27.9 Å². The highest BCUT2D eigenvalue weighted by molar-refractivity contribution is 7.89. The Morgan fingerprint density at radius 2 is 1.88 bits per heavy atom. The van der Waals surface area contributed by atoms with Crippen molar-refractivity contribution in [1.29, 1.82) is 0 Å². The second-order valence-corrected chi connectivity index (χ2v) is 6.85. The number of nitrogens with zero attached hydrogens (tertiary/aromatic N) is 2. The maximum absolute atomic E-state index is 12.1. The predicted octanol–water partition coefficient (Wildman–Crippen LogP) is 2.00. The van der Waals surface area contributed by atoms with Crippen LogP contribution in [-0.4, -0.2) is 32.6 Å². The van der Waals surface area contributed by atoms with E-state index in [2.05, 4.69) is 9.84 Å². The highest BCUT2D eigenvalue weighted by Gasteiger charge is 2.17.